The predicted octanol–water partition coefficient (Wildman–Crippen LogP) is 2.31. The van der Waals surface area contributed by atoms with E-state index >= 15 is 0 Å². The van der Waals surface area contributed by atoms with Crippen LogP contribution in [-0.4, -0.2) is 5.78 Å². The standard InChI is InChI=1S/C11H12O/c1-8(12)10-7-6-9-4-2-3-5-11(9)10/h2-5,10H,6-7H2,1H3/t10-/m0/s1. The largest absolute Gasteiger partial charge is 0.299 e. The van der Waals surface area contributed by atoms with E-state index in [9.17, 15) is 4.79 Å². The highest BCUT2D eigenvalue weighted by atomic mass is 16.1. The van der Waals surface area contributed by atoms with Crippen LogP contribution in [-0.2, 0) is 11.2 Å². The van der Waals surface area contributed by atoms with E-state index in [0.717, 1.165) is 12.8 Å². The molecule has 0 heterocycles. The maximum absolute atomic E-state index is 11.2. The van der Waals surface area contributed by atoms with E-state index in [2.05, 4.69) is 12.1 Å². The lowest BCUT2D eigenvalue weighted by atomic mass is 9.98. The van der Waals surface area contributed by atoms with Crippen molar-refractivity contribution in [2.75, 3.05) is 0 Å². The van der Waals surface area contributed by atoms with E-state index in [-0.39, 0.29) is 5.92 Å². The highest BCUT2D eigenvalue weighted by Crippen LogP contribution is 2.32. The van der Waals surface area contributed by atoms with Crippen LogP contribution in [0.15, 0.2) is 24.3 Å². The average molecular weight is 160 g/mol. The number of Topliss-reactive ketones (excluding diaryl/α,β-unsaturated/α-hetero) is 1. The minimum Gasteiger partial charge on any atom is -0.299 e. The zero-order chi connectivity index (χ0) is 8.55. The molecule has 62 valence electrons. The lowest BCUT2D eigenvalue weighted by molar-refractivity contribution is -0.118. The van der Waals surface area contributed by atoms with Crippen molar-refractivity contribution in [1.29, 1.82) is 0 Å². The summed E-state index contributed by atoms with van der Waals surface area (Å²) in [6.07, 6.45) is 2.08. The van der Waals surface area contributed by atoms with Crippen molar-refractivity contribution in [3.05, 3.63) is 35.4 Å². The van der Waals surface area contributed by atoms with Gasteiger partial charge in [0.2, 0.25) is 0 Å². The van der Waals surface area contributed by atoms with Gasteiger partial charge in [0, 0.05) is 5.92 Å². The highest BCUT2D eigenvalue weighted by molar-refractivity contribution is 5.84. The van der Waals surface area contributed by atoms with Crippen molar-refractivity contribution in [2.24, 2.45) is 0 Å². The third-order valence-corrected chi connectivity index (χ3v) is 2.62. The fraction of sp³-hybridized carbons (Fsp3) is 0.364. The van der Waals surface area contributed by atoms with Crippen LogP contribution in [0.25, 0.3) is 0 Å². The second-order valence-corrected chi connectivity index (χ2v) is 3.40. The van der Waals surface area contributed by atoms with E-state index in [1.165, 1.54) is 11.1 Å². The monoisotopic (exact) mass is 160 g/mol. The Morgan fingerprint density at radius 2 is 2.17 bits per heavy atom. The highest BCUT2D eigenvalue weighted by Gasteiger charge is 2.24. The van der Waals surface area contributed by atoms with Gasteiger partial charge in [0.1, 0.15) is 5.78 Å². The fourth-order valence-electron chi connectivity index (χ4n) is 1.98. The molecule has 1 nitrogen and oxygen atoms in total. The SMILES string of the molecule is CC(=O)[C@@H]1CCc2ccccc21. The Kier molecular flexibility index (Phi) is 1.72. The number of hydrogen-bond acceptors (Lipinski definition) is 1. The van der Waals surface area contributed by atoms with Crippen molar-refractivity contribution in [1.82, 2.24) is 0 Å². The summed E-state index contributed by atoms with van der Waals surface area (Å²) in [5, 5.41) is 0. The third-order valence-electron chi connectivity index (χ3n) is 2.62. The van der Waals surface area contributed by atoms with Crippen LogP contribution in [0.1, 0.15) is 30.4 Å². The summed E-state index contributed by atoms with van der Waals surface area (Å²) in [4.78, 5) is 11.2. The summed E-state index contributed by atoms with van der Waals surface area (Å²) < 4.78 is 0. The zero-order valence-corrected chi connectivity index (χ0v) is 7.21. The van der Waals surface area contributed by atoms with Gasteiger partial charge >= 0.3 is 0 Å². The number of hydrogen-bond donors (Lipinski definition) is 0. The second kappa shape index (κ2) is 2.74. The van der Waals surface area contributed by atoms with Gasteiger partial charge in [0.15, 0.2) is 0 Å². The molecular formula is C11H12O. The van der Waals surface area contributed by atoms with E-state index in [0.29, 0.717) is 5.78 Å². The molecule has 1 atom stereocenters. The molecular weight excluding hydrogens is 148 g/mol. The molecule has 0 unspecified atom stereocenters. The molecule has 1 heteroatoms. The van der Waals surface area contributed by atoms with Gasteiger partial charge in [0.05, 0.1) is 0 Å². The minimum absolute atomic E-state index is 0.182. The maximum atomic E-state index is 11.2. The molecule has 1 aliphatic rings. The Labute approximate surface area is 72.4 Å². The molecule has 1 aromatic rings. The van der Waals surface area contributed by atoms with Crippen LogP contribution in [0.5, 0.6) is 0 Å². The van der Waals surface area contributed by atoms with Crippen molar-refractivity contribution >= 4 is 5.78 Å². The predicted molar refractivity (Wildman–Crippen MR) is 48.2 cm³/mol. The third kappa shape index (κ3) is 1.06. The molecule has 1 aromatic carbocycles. The first-order valence-corrected chi connectivity index (χ1v) is 4.37. The summed E-state index contributed by atoms with van der Waals surface area (Å²) in [6, 6.07) is 8.26. The van der Waals surface area contributed by atoms with Crippen LogP contribution >= 0.6 is 0 Å². The van der Waals surface area contributed by atoms with Crippen LogP contribution < -0.4 is 0 Å². The molecule has 0 spiro atoms. The normalized spacial score (nSPS) is 20.6. The Morgan fingerprint density at radius 1 is 1.42 bits per heavy atom. The first kappa shape index (κ1) is 7.53. The van der Waals surface area contributed by atoms with Crippen LogP contribution in [0.3, 0.4) is 0 Å². The van der Waals surface area contributed by atoms with Gasteiger partial charge in [-0.1, -0.05) is 24.3 Å². The molecule has 0 amide bonds. The summed E-state index contributed by atoms with van der Waals surface area (Å²) in [7, 11) is 0. The summed E-state index contributed by atoms with van der Waals surface area (Å²) in [5.41, 5.74) is 2.61. The summed E-state index contributed by atoms with van der Waals surface area (Å²) in [5.74, 6) is 0.487. The van der Waals surface area contributed by atoms with Crippen molar-refractivity contribution in [3.8, 4) is 0 Å². The molecule has 0 saturated carbocycles. The number of carbonyl (C=O) groups excluding carboxylic acids is 1. The number of fused-ring (bicyclic) bond motifs is 1. The van der Waals surface area contributed by atoms with Crippen molar-refractivity contribution < 1.29 is 4.79 Å². The molecule has 0 aliphatic heterocycles. The first-order valence-electron chi connectivity index (χ1n) is 4.37. The van der Waals surface area contributed by atoms with Crippen LogP contribution in [0, 0.1) is 0 Å². The van der Waals surface area contributed by atoms with Crippen LogP contribution in [0.2, 0.25) is 0 Å². The van der Waals surface area contributed by atoms with Crippen LogP contribution in [0.4, 0.5) is 0 Å². The molecule has 0 N–H and O–H groups in total. The first-order chi connectivity index (χ1) is 5.79. The number of benzene rings is 1. The van der Waals surface area contributed by atoms with E-state index in [4.69, 9.17) is 0 Å². The molecule has 0 fully saturated rings. The average Bonchev–Trinajstić information content (AvgIpc) is 2.47. The number of rotatable bonds is 1. The molecule has 0 saturated heterocycles. The Morgan fingerprint density at radius 3 is 2.92 bits per heavy atom. The number of aryl methyl sites for hydroxylation is 1. The molecule has 1 aliphatic carbocycles. The zero-order valence-electron chi connectivity index (χ0n) is 7.21. The molecule has 0 bridgehead atoms. The van der Waals surface area contributed by atoms with Crippen molar-refractivity contribution in [2.45, 2.75) is 25.7 Å². The van der Waals surface area contributed by atoms with Gasteiger partial charge in [-0.2, -0.15) is 0 Å². The number of carbonyl (C=O) groups is 1. The Hall–Kier alpha value is -1.11. The van der Waals surface area contributed by atoms with Crippen molar-refractivity contribution in [3.63, 3.8) is 0 Å². The van der Waals surface area contributed by atoms with Gasteiger partial charge in [-0.05, 0) is 30.9 Å². The van der Waals surface area contributed by atoms with Gasteiger partial charge in [-0.3, -0.25) is 4.79 Å². The lowest BCUT2D eigenvalue weighted by Crippen LogP contribution is -2.03. The second-order valence-electron chi connectivity index (χ2n) is 3.40. The van der Waals surface area contributed by atoms with Gasteiger partial charge in [-0.15, -0.1) is 0 Å². The minimum atomic E-state index is 0.182. The van der Waals surface area contributed by atoms with E-state index < -0.39 is 0 Å². The van der Waals surface area contributed by atoms with Gasteiger partial charge < -0.3 is 0 Å². The smallest absolute Gasteiger partial charge is 0.137 e. The summed E-state index contributed by atoms with van der Waals surface area (Å²) in [6.45, 7) is 1.69. The topological polar surface area (TPSA) is 17.1 Å². The van der Waals surface area contributed by atoms with Gasteiger partial charge in [0.25, 0.3) is 0 Å². The quantitative estimate of drug-likeness (QED) is 0.616. The van der Waals surface area contributed by atoms with E-state index in [1.807, 2.05) is 12.1 Å². The summed E-state index contributed by atoms with van der Waals surface area (Å²) >= 11 is 0. The maximum Gasteiger partial charge on any atom is 0.137 e. The van der Waals surface area contributed by atoms with Gasteiger partial charge in [-0.25, -0.2) is 0 Å². The fourth-order valence-corrected chi connectivity index (χ4v) is 1.98. The van der Waals surface area contributed by atoms with E-state index in [1.54, 1.807) is 6.92 Å². The Bertz CT molecular complexity index is 315. The lowest BCUT2D eigenvalue weighted by Gasteiger charge is -2.05. The Balaban J connectivity index is 2.42. The molecule has 0 radical (unpaired) electrons. The molecule has 2 rings (SSSR count). The molecule has 0 aromatic heterocycles. The number of ketones is 1. The molecule has 12 heavy (non-hydrogen) atoms.